The average molecular weight is 947 g/mol. The highest BCUT2D eigenvalue weighted by Gasteiger charge is 2.40. The fourth-order valence-electron chi connectivity index (χ4n) is 3.87. The molecule has 0 saturated carbocycles. The predicted molar refractivity (Wildman–Crippen MR) is 211 cm³/mol. The third-order valence-electron chi connectivity index (χ3n) is 6.01. The molecule has 1 aliphatic heterocycles. The third-order valence-corrected chi connectivity index (χ3v) is 14.4. The van der Waals surface area contributed by atoms with Crippen LogP contribution in [0, 0.1) is 0 Å². The van der Waals surface area contributed by atoms with Crippen LogP contribution in [-0.2, 0) is 27.5 Å². The minimum atomic E-state index is -3.52. The van der Waals surface area contributed by atoms with Gasteiger partial charge in [-0.15, -0.1) is 104 Å². The number of aldehydes is 1. The zero-order valence-electron chi connectivity index (χ0n) is 27.3. The summed E-state index contributed by atoms with van der Waals surface area (Å²) >= 11 is 50.5. The Morgan fingerprint density at radius 2 is 1.24 bits per heavy atom. The first-order valence-corrected chi connectivity index (χ1v) is 24.8. The summed E-state index contributed by atoms with van der Waals surface area (Å²) < 4.78 is 54.5. The van der Waals surface area contributed by atoms with Crippen molar-refractivity contribution in [1.29, 1.82) is 0 Å². The summed E-state index contributed by atoms with van der Waals surface area (Å²) in [4.78, 5) is 19.8. The number of hydrogen-bond donors (Lipinski definition) is 3. The normalized spacial score (nSPS) is 19.1. The van der Waals surface area contributed by atoms with Gasteiger partial charge in [0.15, 0.2) is 0 Å². The van der Waals surface area contributed by atoms with E-state index in [0.29, 0.717) is 101 Å². The van der Waals surface area contributed by atoms with Crippen molar-refractivity contribution in [3.63, 3.8) is 0 Å². The summed E-state index contributed by atoms with van der Waals surface area (Å²) in [5, 5.41) is 5.23. The second-order valence-electron chi connectivity index (χ2n) is 9.36. The van der Waals surface area contributed by atoms with Crippen molar-refractivity contribution in [2.45, 2.75) is 12.8 Å². The maximum atomic E-state index is 12.9. The van der Waals surface area contributed by atoms with Crippen LogP contribution >= 0.6 is 127 Å². The first-order chi connectivity index (χ1) is 23.4. The highest BCUT2D eigenvalue weighted by molar-refractivity contribution is 7.54. The van der Waals surface area contributed by atoms with Crippen LogP contribution in [0.15, 0.2) is 0 Å². The van der Waals surface area contributed by atoms with Gasteiger partial charge in [0.05, 0.1) is 13.2 Å². The highest BCUT2D eigenvalue weighted by atomic mass is 35.5. The van der Waals surface area contributed by atoms with Crippen molar-refractivity contribution in [1.82, 2.24) is 28.9 Å². The Kier molecular flexibility index (Phi) is 37.2. The van der Waals surface area contributed by atoms with Crippen LogP contribution in [0.4, 0.5) is 0 Å². The van der Waals surface area contributed by atoms with Crippen molar-refractivity contribution in [3.05, 3.63) is 0 Å². The summed E-state index contributed by atoms with van der Waals surface area (Å²) in [5.41, 5.74) is 0. The van der Waals surface area contributed by atoms with Gasteiger partial charge in [0, 0.05) is 125 Å². The minimum Gasteiger partial charge on any atom is -0.322 e. The number of hydrogen-bond acceptors (Lipinski definition) is 6. The molecule has 1 saturated heterocycles. The summed E-state index contributed by atoms with van der Waals surface area (Å²) in [6.45, 7) is 4.89. The first kappa shape index (κ1) is 53.7. The van der Waals surface area contributed by atoms with E-state index in [9.17, 15) is 23.4 Å². The van der Waals surface area contributed by atoms with Gasteiger partial charge < -0.3 is 18.7 Å². The Morgan fingerprint density at radius 1 is 0.755 bits per heavy atom. The molecule has 0 bridgehead atoms. The van der Waals surface area contributed by atoms with E-state index in [0.717, 1.165) is 13.0 Å². The van der Waals surface area contributed by atoms with E-state index >= 15 is 0 Å². The Labute approximate surface area is 337 Å². The lowest BCUT2D eigenvalue weighted by molar-refractivity contribution is -0.108. The smallest absolute Gasteiger partial charge is 0.322 e. The summed E-state index contributed by atoms with van der Waals surface area (Å²) in [6, 6.07) is 0. The van der Waals surface area contributed by atoms with Gasteiger partial charge >= 0.3 is 23.0 Å². The van der Waals surface area contributed by atoms with Crippen LogP contribution in [0.2, 0.25) is 0 Å². The first-order valence-electron chi connectivity index (χ1n) is 15.2. The van der Waals surface area contributed by atoms with E-state index in [4.69, 9.17) is 113 Å². The molecular formula is C24H50Cl9N6O7P3. The van der Waals surface area contributed by atoms with E-state index in [2.05, 4.69) is 10.2 Å². The van der Waals surface area contributed by atoms with E-state index in [1.54, 1.807) is 9.34 Å². The number of carbonyl (C=O) groups excluding carboxylic acids is 1. The Morgan fingerprint density at radius 3 is 1.69 bits per heavy atom. The summed E-state index contributed by atoms with van der Waals surface area (Å²) in [5.74, 6) is 2.99. The van der Waals surface area contributed by atoms with Crippen molar-refractivity contribution >= 4 is 134 Å². The number of rotatable bonds is 27. The molecule has 0 radical (unpaired) electrons. The third kappa shape index (κ3) is 23.3. The van der Waals surface area contributed by atoms with Crippen molar-refractivity contribution in [2.24, 2.45) is 0 Å². The zero-order valence-corrected chi connectivity index (χ0v) is 36.8. The standard InChI is InChI=1S/C9H18Cl3N2O3P.C9H18Cl3N2O2P.C6H14Cl3N2O2P/c10-2-5-13-18(16,17-9-1-8-15)14(6-3-11)7-4-12;10-2-6-13-5-1-9-16-17(13,15)14(7-3-11)8-4-12;7-1-4-10-14(12,13)11(5-2-8)6-3-9/h8H,1-7,9H2,(H,13,16);1-9H2;1-6H2,(H2,10,12,13). The average Bonchev–Trinajstić information content (AvgIpc) is 3.08. The molecule has 13 nitrogen and oxygen atoms in total. The number of nitrogens with zero attached hydrogens (tertiary/aromatic N) is 4. The number of nitrogens with one attached hydrogen (secondary N) is 2. The van der Waals surface area contributed by atoms with Gasteiger partial charge in [-0.25, -0.2) is 28.9 Å². The molecule has 49 heavy (non-hydrogen) atoms. The molecule has 3 atom stereocenters. The van der Waals surface area contributed by atoms with Gasteiger partial charge in [0.1, 0.15) is 6.29 Å². The molecule has 0 aliphatic carbocycles. The van der Waals surface area contributed by atoms with Crippen molar-refractivity contribution < 1.29 is 32.4 Å². The van der Waals surface area contributed by atoms with Crippen LogP contribution in [0.1, 0.15) is 12.8 Å². The zero-order chi connectivity index (χ0) is 37.6. The van der Waals surface area contributed by atoms with Gasteiger partial charge in [-0.2, -0.15) is 0 Å². The molecule has 296 valence electrons. The van der Waals surface area contributed by atoms with Gasteiger partial charge in [0.2, 0.25) is 0 Å². The molecule has 1 aliphatic rings. The molecule has 0 aromatic heterocycles. The van der Waals surface area contributed by atoms with Crippen LogP contribution < -0.4 is 10.2 Å². The van der Waals surface area contributed by atoms with E-state index < -0.39 is 23.0 Å². The second-order valence-corrected chi connectivity index (χ2v) is 19.3. The predicted octanol–water partition coefficient (Wildman–Crippen LogP) is 6.84. The van der Waals surface area contributed by atoms with Crippen LogP contribution in [-0.4, -0.2) is 161 Å². The lowest BCUT2D eigenvalue weighted by Gasteiger charge is -2.40. The molecule has 0 aromatic rings. The molecule has 1 fully saturated rings. The van der Waals surface area contributed by atoms with E-state index in [-0.39, 0.29) is 37.2 Å². The van der Waals surface area contributed by atoms with Crippen molar-refractivity contribution in [3.8, 4) is 0 Å². The fraction of sp³-hybridized carbons (Fsp3) is 0.958. The van der Waals surface area contributed by atoms with Crippen molar-refractivity contribution in [2.75, 3.05) is 132 Å². The molecular weight excluding hydrogens is 896 g/mol. The largest absolute Gasteiger partial charge is 0.346 e. The second kappa shape index (κ2) is 33.9. The van der Waals surface area contributed by atoms with Gasteiger partial charge in [-0.1, -0.05) is 0 Å². The summed E-state index contributed by atoms with van der Waals surface area (Å²) in [6.07, 6.45) is 1.76. The SMILES string of the molecule is O=CCCOP(=O)(NCCCl)N(CCCl)CCCl.O=P(O)(NCCCl)N(CCCl)CCCl.O=P1(N(CCCl)CCCl)OCCCN1CCCl. The molecule has 25 heteroatoms. The highest BCUT2D eigenvalue weighted by Crippen LogP contribution is 2.56. The Balaban J connectivity index is 0. The molecule has 0 amide bonds. The number of alkyl halides is 9. The number of halogens is 9. The summed E-state index contributed by atoms with van der Waals surface area (Å²) in [7, 11) is -9.73. The molecule has 3 unspecified atom stereocenters. The topological polar surface area (TPSA) is 144 Å². The van der Waals surface area contributed by atoms with Crippen LogP contribution in [0.5, 0.6) is 0 Å². The molecule has 1 rings (SSSR count). The maximum absolute atomic E-state index is 12.9. The lowest BCUT2D eigenvalue weighted by Crippen LogP contribution is -2.39. The molecule has 3 N–H and O–H groups in total. The maximum Gasteiger partial charge on any atom is 0.346 e. The Bertz CT molecular complexity index is 945. The van der Waals surface area contributed by atoms with E-state index in [1.807, 2.05) is 4.67 Å². The lowest BCUT2D eigenvalue weighted by atomic mass is 10.4. The monoisotopic (exact) mass is 942 g/mol. The van der Waals surface area contributed by atoms with Crippen LogP contribution in [0.3, 0.4) is 0 Å². The molecule has 1 heterocycles. The molecule has 0 aromatic carbocycles. The fourth-order valence-corrected chi connectivity index (χ4v) is 12.3. The molecule has 0 spiro atoms. The Hall–Kier alpha value is 2.61. The minimum absolute atomic E-state index is 0.0805. The van der Waals surface area contributed by atoms with Gasteiger partial charge in [0.25, 0.3) is 0 Å². The number of carbonyl (C=O) groups is 1. The van der Waals surface area contributed by atoms with Gasteiger partial charge in [-0.05, 0) is 6.42 Å². The van der Waals surface area contributed by atoms with Gasteiger partial charge in [-0.3, -0.25) is 13.7 Å². The van der Waals surface area contributed by atoms with Crippen LogP contribution in [0.25, 0.3) is 0 Å². The quantitative estimate of drug-likeness (QED) is 0.0343. The van der Waals surface area contributed by atoms with E-state index in [1.165, 1.54) is 4.67 Å².